The minimum atomic E-state index is 0.574. The van der Waals surface area contributed by atoms with E-state index in [0.29, 0.717) is 6.04 Å². The second kappa shape index (κ2) is 4.11. The highest BCUT2D eigenvalue weighted by Crippen LogP contribution is 2.18. The van der Waals surface area contributed by atoms with Crippen LogP contribution in [0.1, 0.15) is 18.5 Å². The lowest BCUT2D eigenvalue weighted by Gasteiger charge is -2.22. The molecule has 1 fully saturated rings. The van der Waals surface area contributed by atoms with Crippen LogP contribution in [0.2, 0.25) is 0 Å². The summed E-state index contributed by atoms with van der Waals surface area (Å²) >= 11 is 0. The number of likely N-dealkylation sites (tertiary alicyclic amines) is 1. The Morgan fingerprint density at radius 2 is 2.50 bits per heavy atom. The fraction of sp³-hybridized carbons (Fsp3) is 0.700. The van der Waals surface area contributed by atoms with E-state index in [9.17, 15) is 0 Å². The second-order valence-electron chi connectivity index (χ2n) is 4.00. The lowest BCUT2D eigenvalue weighted by molar-refractivity contribution is 0.245. The van der Waals surface area contributed by atoms with Crippen LogP contribution in [0, 0.1) is 0 Å². The molecule has 1 aliphatic rings. The summed E-state index contributed by atoms with van der Waals surface area (Å²) in [6.07, 6.45) is 6.31. The topological polar surface area (TPSA) is 47.1 Å². The molecule has 78 valence electrons. The first-order valence-corrected chi connectivity index (χ1v) is 5.20. The maximum atomic E-state index is 5.73. The predicted octanol–water partition coefficient (Wildman–Crippen LogP) is 0.343. The molecule has 0 aliphatic carbocycles. The first kappa shape index (κ1) is 9.68. The molecular weight excluding hydrogens is 176 g/mol. The molecule has 1 unspecified atom stereocenters. The Kier molecular flexibility index (Phi) is 2.84. The van der Waals surface area contributed by atoms with Gasteiger partial charge in [-0.3, -0.25) is 4.90 Å². The van der Waals surface area contributed by atoms with Crippen LogP contribution in [0.5, 0.6) is 0 Å². The second-order valence-corrected chi connectivity index (χ2v) is 4.00. The molecule has 2 heterocycles. The third kappa shape index (κ3) is 1.81. The summed E-state index contributed by atoms with van der Waals surface area (Å²) in [4.78, 5) is 6.58. The molecule has 4 heteroatoms. The molecule has 2 N–H and O–H groups in total. The first-order chi connectivity index (χ1) is 6.81. The standard InChI is InChI=1S/C10H18N4/c1-13-8-12-6-10(13)7-14-4-2-3-9(14)5-11/h6,8-9H,2-5,7,11H2,1H3. The number of nitrogens with zero attached hydrogens (tertiary/aromatic N) is 3. The summed E-state index contributed by atoms with van der Waals surface area (Å²) in [6, 6.07) is 0.574. The fourth-order valence-corrected chi connectivity index (χ4v) is 2.12. The monoisotopic (exact) mass is 194 g/mol. The number of aryl methyl sites for hydroxylation is 1. The van der Waals surface area contributed by atoms with Gasteiger partial charge in [-0.1, -0.05) is 0 Å². The van der Waals surface area contributed by atoms with E-state index in [2.05, 4.69) is 14.5 Å². The Bertz CT molecular complexity index is 294. The smallest absolute Gasteiger partial charge is 0.0945 e. The average molecular weight is 194 g/mol. The molecule has 0 saturated carbocycles. The molecular formula is C10H18N4. The van der Waals surface area contributed by atoms with E-state index in [-0.39, 0.29) is 0 Å². The lowest BCUT2D eigenvalue weighted by Crippen LogP contribution is -2.35. The highest BCUT2D eigenvalue weighted by atomic mass is 15.2. The minimum Gasteiger partial charge on any atom is -0.337 e. The van der Waals surface area contributed by atoms with E-state index in [1.807, 2.05) is 19.6 Å². The van der Waals surface area contributed by atoms with E-state index >= 15 is 0 Å². The van der Waals surface area contributed by atoms with Gasteiger partial charge in [0, 0.05) is 32.4 Å². The number of nitrogens with two attached hydrogens (primary N) is 1. The van der Waals surface area contributed by atoms with Gasteiger partial charge in [-0.15, -0.1) is 0 Å². The summed E-state index contributed by atoms with van der Waals surface area (Å²) in [7, 11) is 2.04. The lowest BCUT2D eigenvalue weighted by atomic mass is 10.2. The molecule has 1 aromatic rings. The molecule has 4 nitrogen and oxygen atoms in total. The summed E-state index contributed by atoms with van der Waals surface area (Å²) in [5.74, 6) is 0. The van der Waals surface area contributed by atoms with Crippen LogP contribution < -0.4 is 5.73 Å². The van der Waals surface area contributed by atoms with E-state index < -0.39 is 0 Å². The Morgan fingerprint density at radius 1 is 1.64 bits per heavy atom. The van der Waals surface area contributed by atoms with Gasteiger partial charge in [0.25, 0.3) is 0 Å². The van der Waals surface area contributed by atoms with Gasteiger partial charge in [0.05, 0.1) is 12.0 Å². The summed E-state index contributed by atoms with van der Waals surface area (Å²) in [5.41, 5.74) is 7.00. The predicted molar refractivity (Wildman–Crippen MR) is 55.7 cm³/mol. The zero-order valence-electron chi connectivity index (χ0n) is 8.69. The molecule has 1 saturated heterocycles. The Labute approximate surface area is 84.7 Å². The van der Waals surface area contributed by atoms with Gasteiger partial charge in [0.2, 0.25) is 0 Å². The molecule has 0 aromatic carbocycles. The molecule has 14 heavy (non-hydrogen) atoms. The van der Waals surface area contributed by atoms with Crippen LogP contribution in [0.15, 0.2) is 12.5 Å². The normalized spacial score (nSPS) is 23.1. The van der Waals surface area contributed by atoms with Crippen molar-refractivity contribution >= 4 is 0 Å². The van der Waals surface area contributed by atoms with Crippen LogP contribution in [-0.2, 0) is 13.6 Å². The summed E-state index contributed by atoms with van der Waals surface area (Å²) in [5, 5.41) is 0. The van der Waals surface area contributed by atoms with Crippen molar-refractivity contribution in [2.24, 2.45) is 12.8 Å². The summed E-state index contributed by atoms with van der Waals surface area (Å²) < 4.78 is 2.08. The van der Waals surface area contributed by atoms with Crippen molar-refractivity contribution in [3.63, 3.8) is 0 Å². The van der Waals surface area contributed by atoms with Gasteiger partial charge in [-0.2, -0.15) is 0 Å². The van der Waals surface area contributed by atoms with Crippen LogP contribution in [0.4, 0.5) is 0 Å². The van der Waals surface area contributed by atoms with Crippen LogP contribution >= 0.6 is 0 Å². The number of rotatable bonds is 3. The SMILES string of the molecule is Cn1cncc1CN1CCCC1CN. The van der Waals surface area contributed by atoms with Gasteiger partial charge in [0.1, 0.15) is 0 Å². The molecule has 1 atom stereocenters. The molecule has 0 spiro atoms. The zero-order chi connectivity index (χ0) is 9.97. The number of aromatic nitrogens is 2. The Morgan fingerprint density at radius 3 is 3.14 bits per heavy atom. The van der Waals surface area contributed by atoms with E-state index in [4.69, 9.17) is 5.73 Å². The van der Waals surface area contributed by atoms with Crippen molar-refractivity contribution in [3.05, 3.63) is 18.2 Å². The van der Waals surface area contributed by atoms with E-state index in [0.717, 1.165) is 13.1 Å². The molecule has 0 radical (unpaired) electrons. The van der Waals surface area contributed by atoms with Crippen LogP contribution in [0.3, 0.4) is 0 Å². The van der Waals surface area contributed by atoms with Crippen molar-refractivity contribution in [1.29, 1.82) is 0 Å². The highest BCUT2D eigenvalue weighted by Gasteiger charge is 2.23. The molecule has 0 amide bonds. The first-order valence-electron chi connectivity index (χ1n) is 5.20. The third-order valence-corrected chi connectivity index (χ3v) is 3.05. The largest absolute Gasteiger partial charge is 0.337 e. The zero-order valence-corrected chi connectivity index (χ0v) is 8.69. The number of hydrogen-bond donors (Lipinski definition) is 1. The molecule has 2 rings (SSSR count). The Hall–Kier alpha value is -0.870. The quantitative estimate of drug-likeness (QED) is 0.755. The number of hydrogen-bond acceptors (Lipinski definition) is 3. The maximum absolute atomic E-state index is 5.73. The Balaban J connectivity index is 2.00. The van der Waals surface area contributed by atoms with Gasteiger partial charge >= 0.3 is 0 Å². The van der Waals surface area contributed by atoms with Crippen molar-refractivity contribution in [2.75, 3.05) is 13.1 Å². The molecule has 1 aliphatic heterocycles. The van der Waals surface area contributed by atoms with Crippen molar-refractivity contribution in [2.45, 2.75) is 25.4 Å². The number of imidazole rings is 1. The average Bonchev–Trinajstić information content (AvgIpc) is 2.77. The maximum Gasteiger partial charge on any atom is 0.0945 e. The van der Waals surface area contributed by atoms with Crippen molar-refractivity contribution < 1.29 is 0 Å². The van der Waals surface area contributed by atoms with Gasteiger partial charge in [0.15, 0.2) is 0 Å². The highest BCUT2D eigenvalue weighted by molar-refractivity contribution is 4.98. The van der Waals surface area contributed by atoms with Gasteiger partial charge in [-0.25, -0.2) is 4.98 Å². The van der Waals surface area contributed by atoms with Crippen molar-refractivity contribution in [1.82, 2.24) is 14.5 Å². The van der Waals surface area contributed by atoms with E-state index in [1.54, 1.807) is 0 Å². The van der Waals surface area contributed by atoms with Crippen molar-refractivity contribution in [3.8, 4) is 0 Å². The van der Waals surface area contributed by atoms with E-state index in [1.165, 1.54) is 25.1 Å². The van der Waals surface area contributed by atoms with Gasteiger partial charge < -0.3 is 10.3 Å². The van der Waals surface area contributed by atoms with Crippen LogP contribution in [-0.4, -0.2) is 33.6 Å². The molecule has 1 aromatic heterocycles. The fourth-order valence-electron chi connectivity index (χ4n) is 2.12. The molecule has 0 bridgehead atoms. The third-order valence-electron chi connectivity index (χ3n) is 3.05. The van der Waals surface area contributed by atoms with Crippen LogP contribution in [0.25, 0.3) is 0 Å². The minimum absolute atomic E-state index is 0.574. The summed E-state index contributed by atoms with van der Waals surface area (Å²) in [6.45, 7) is 2.93. The van der Waals surface area contributed by atoms with Gasteiger partial charge in [-0.05, 0) is 19.4 Å².